The van der Waals surface area contributed by atoms with Crippen molar-refractivity contribution in [1.82, 2.24) is 0 Å². The summed E-state index contributed by atoms with van der Waals surface area (Å²) in [5.74, 6) is 1.24. The molecule has 0 aromatic carbocycles. The zero-order chi connectivity index (χ0) is 13.8. The van der Waals surface area contributed by atoms with Crippen molar-refractivity contribution in [3.63, 3.8) is 0 Å². The summed E-state index contributed by atoms with van der Waals surface area (Å²) in [4.78, 5) is 11.7. The molecule has 106 valence electrons. The van der Waals surface area contributed by atoms with Gasteiger partial charge in [-0.3, -0.25) is 0 Å². The van der Waals surface area contributed by atoms with Gasteiger partial charge in [-0.25, -0.2) is 4.79 Å². The van der Waals surface area contributed by atoms with E-state index in [9.17, 15) is 9.90 Å². The fourth-order valence-corrected chi connectivity index (χ4v) is 5.05. The minimum atomic E-state index is -1.33. The van der Waals surface area contributed by atoms with Crippen LogP contribution in [0.5, 0.6) is 0 Å². The van der Waals surface area contributed by atoms with Gasteiger partial charge in [0.05, 0.1) is 0 Å². The second kappa shape index (κ2) is 4.34. The molecule has 3 heteroatoms. The highest BCUT2D eigenvalue weighted by Gasteiger charge is 2.58. The molecule has 0 amide bonds. The van der Waals surface area contributed by atoms with Crippen LogP contribution >= 0.6 is 0 Å². The van der Waals surface area contributed by atoms with Crippen LogP contribution in [0.4, 0.5) is 0 Å². The van der Waals surface area contributed by atoms with Crippen LogP contribution in [0.3, 0.4) is 0 Å². The molecular formula is C16H24O3. The largest absolute Gasteiger partial charge is 0.430 e. The lowest BCUT2D eigenvalue weighted by Gasteiger charge is -2.37. The summed E-state index contributed by atoms with van der Waals surface area (Å²) in [6, 6.07) is 0. The van der Waals surface area contributed by atoms with Crippen molar-refractivity contribution >= 4 is 5.97 Å². The van der Waals surface area contributed by atoms with Gasteiger partial charge in [0, 0.05) is 18.4 Å². The first-order valence-corrected chi connectivity index (χ1v) is 7.51. The number of esters is 1. The van der Waals surface area contributed by atoms with Gasteiger partial charge in [0.15, 0.2) is 0 Å². The molecule has 0 aromatic rings. The molecule has 6 unspecified atom stereocenters. The highest BCUT2D eigenvalue weighted by atomic mass is 16.7. The predicted octanol–water partition coefficient (Wildman–Crippen LogP) is 2.89. The van der Waals surface area contributed by atoms with Gasteiger partial charge in [0.1, 0.15) is 0 Å². The molecule has 0 saturated heterocycles. The Balaban J connectivity index is 1.75. The Bertz CT molecular complexity index is 412. The van der Waals surface area contributed by atoms with Gasteiger partial charge >= 0.3 is 5.97 Å². The summed E-state index contributed by atoms with van der Waals surface area (Å²) in [5, 5.41) is 10.6. The van der Waals surface area contributed by atoms with Crippen LogP contribution in [0.15, 0.2) is 12.2 Å². The Kier molecular flexibility index (Phi) is 3.01. The topological polar surface area (TPSA) is 46.5 Å². The van der Waals surface area contributed by atoms with E-state index in [0.717, 1.165) is 24.2 Å². The molecule has 19 heavy (non-hydrogen) atoms. The van der Waals surface area contributed by atoms with Crippen LogP contribution in [0, 0.1) is 29.6 Å². The van der Waals surface area contributed by atoms with Gasteiger partial charge in [0.25, 0.3) is 0 Å². The number of ether oxygens (including phenoxy) is 1. The van der Waals surface area contributed by atoms with Gasteiger partial charge in [-0.2, -0.15) is 0 Å². The molecule has 3 aliphatic rings. The third-order valence-corrected chi connectivity index (χ3v) is 5.77. The Morgan fingerprint density at radius 3 is 2.63 bits per heavy atom. The number of carbonyl (C=O) groups is 1. The fraction of sp³-hybridized carbons (Fsp3) is 0.812. The Labute approximate surface area is 115 Å². The number of hydrogen-bond acceptors (Lipinski definition) is 3. The van der Waals surface area contributed by atoms with E-state index in [4.69, 9.17) is 4.74 Å². The van der Waals surface area contributed by atoms with Gasteiger partial charge in [-0.15, -0.1) is 0 Å². The van der Waals surface area contributed by atoms with E-state index in [0.29, 0.717) is 11.5 Å². The Morgan fingerprint density at radius 2 is 1.95 bits per heavy atom. The molecule has 3 aliphatic carbocycles. The van der Waals surface area contributed by atoms with Crippen LogP contribution in [0.1, 0.15) is 46.0 Å². The lowest BCUT2D eigenvalue weighted by molar-refractivity contribution is -0.226. The molecule has 2 bridgehead atoms. The Morgan fingerprint density at radius 1 is 1.26 bits per heavy atom. The Hall–Kier alpha value is -0.830. The summed E-state index contributed by atoms with van der Waals surface area (Å²) in [6.45, 7) is 6.86. The first-order valence-electron chi connectivity index (χ1n) is 7.51. The fourth-order valence-electron chi connectivity index (χ4n) is 5.05. The summed E-state index contributed by atoms with van der Waals surface area (Å²) >= 11 is 0. The second-order valence-electron chi connectivity index (χ2n) is 6.98. The normalized spacial score (nSPS) is 42.8. The predicted molar refractivity (Wildman–Crippen MR) is 72.1 cm³/mol. The third kappa shape index (κ3) is 2.03. The van der Waals surface area contributed by atoms with E-state index >= 15 is 0 Å². The number of rotatable bonds is 3. The molecule has 0 heterocycles. The van der Waals surface area contributed by atoms with Crippen LogP contribution in [0.25, 0.3) is 0 Å². The maximum absolute atomic E-state index is 11.7. The lowest BCUT2D eigenvalue weighted by atomic mass is 9.75. The van der Waals surface area contributed by atoms with Crippen molar-refractivity contribution < 1.29 is 14.6 Å². The lowest BCUT2D eigenvalue weighted by Crippen LogP contribution is -2.43. The minimum absolute atomic E-state index is 0.107. The van der Waals surface area contributed by atoms with E-state index in [1.54, 1.807) is 13.8 Å². The molecule has 3 fully saturated rings. The maximum Gasteiger partial charge on any atom is 0.335 e. The molecule has 1 N–H and O–H groups in total. The first kappa shape index (κ1) is 13.2. The standard InChI is InChI=1S/C16H24O3/c1-9(2)15(17)19-16(3,18)13-7-6-12-10-4-5-11(8-10)14(12)13/h10-14,18H,1,4-8H2,2-3H3. The van der Waals surface area contributed by atoms with E-state index < -0.39 is 11.8 Å². The highest BCUT2D eigenvalue weighted by Crippen LogP contribution is 2.62. The van der Waals surface area contributed by atoms with Crippen molar-refractivity contribution in [3.05, 3.63) is 12.2 Å². The SMILES string of the molecule is C=C(C)C(=O)OC(C)(O)C1CCC2C3CCC(C3)C21. The quantitative estimate of drug-likeness (QED) is 0.484. The van der Waals surface area contributed by atoms with Crippen LogP contribution < -0.4 is 0 Å². The minimum Gasteiger partial charge on any atom is -0.430 e. The monoisotopic (exact) mass is 264 g/mol. The average Bonchev–Trinajstić information content (AvgIpc) is 3.00. The molecule has 3 saturated carbocycles. The number of fused-ring (bicyclic) bond motifs is 5. The van der Waals surface area contributed by atoms with Gasteiger partial charge in [0.2, 0.25) is 5.79 Å². The van der Waals surface area contributed by atoms with Crippen LogP contribution in [0.2, 0.25) is 0 Å². The smallest absolute Gasteiger partial charge is 0.335 e. The zero-order valence-corrected chi connectivity index (χ0v) is 11.9. The molecule has 3 rings (SSSR count). The highest BCUT2D eigenvalue weighted by molar-refractivity contribution is 5.87. The average molecular weight is 264 g/mol. The molecule has 0 aromatic heterocycles. The molecule has 0 radical (unpaired) electrons. The summed E-state index contributed by atoms with van der Waals surface area (Å²) in [6.07, 6.45) is 6.17. The van der Waals surface area contributed by atoms with Crippen LogP contribution in [-0.4, -0.2) is 16.9 Å². The maximum atomic E-state index is 11.7. The van der Waals surface area contributed by atoms with Crippen molar-refractivity contribution in [1.29, 1.82) is 0 Å². The molecular weight excluding hydrogens is 240 g/mol. The molecule has 3 nitrogen and oxygen atoms in total. The second-order valence-corrected chi connectivity index (χ2v) is 6.98. The van der Waals surface area contributed by atoms with Crippen LogP contribution in [-0.2, 0) is 9.53 Å². The molecule has 0 aliphatic heterocycles. The van der Waals surface area contributed by atoms with Crippen molar-refractivity contribution in [2.75, 3.05) is 0 Å². The molecule has 0 spiro atoms. The summed E-state index contributed by atoms with van der Waals surface area (Å²) < 4.78 is 5.32. The molecule has 6 atom stereocenters. The number of hydrogen-bond donors (Lipinski definition) is 1. The van der Waals surface area contributed by atoms with E-state index in [1.807, 2.05) is 0 Å². The van der Waals surface area contributed by atoms with Crippen molar-refractivity contribution in [2.45, 2.75) is 51.7 Å². The third-order valence-electron chi connectivity index (χ3n) is 5.77. The summed E-state index contributed by atoms with van der Waals surface area (Å²) in [7, 11) is 0. The van der Waals surface area contributed by atoms with E-state index in [2.05, 4.69) is 6.58 Å². The van der Waals surface area contributed by atoms with Crippen molar-refractivity contribution in [2.24, 2.45) is 29.6 Å². The van der Waals surface area contributed by atoms with E-state index in [1.165, 1.54) is 25.7 Å². The first-order chi connectivity index (χ1) is 8.90. The number of aliphatic hydroxyl groups is 1. The van der Waals surface area contributed by atoms with Gasteiger partial charge in [-0.05, 0) is 62.7 Å². The van der Waals surface area contributed by atoms with E-state index in [-0.39, 0.29) is 5.92 Å². The van der Waals surface area contributed by atoms with Crippen molar-refractivity contribution in [3.8, 4) is 0 Å². The number of carbonyl (C=O) groups excluding carboxylic acids is 1. The summed E-state index contributed by atoms with van der Waals surface area (Å²) in [5.41, 5.74) is 0.350. The zero-order valence-electron chi connectivity index (χ0n) is 11.9. The van der Waals surface area contributed by atoms with Gasteiger partial charge in [-0.1, -0.05) is 6.58 Å². The van der Waals surface area contributed by atoms with Gasteiger partial charge < -0.3 is 9.84 Å².